The van der Waals surface area contributed by atoms with Crippen LogP contribution in [0.1, 0.15) is 122 Å². The Morgan fingerprint density at radius 2 is 0.701 bits per heavy atom. The van der Waals surface area contributed by atoms with E-state index in [1.165, 1.54) is 0 Å². The number of hydrogen-bond acceptors (Lipinski definition) is 17. The topological polar surface area (TPSA) is 188 Å². The van der Waals surface area contributed by atoms with Crippen LogP contribution >= 0.6 is 0 Å². The lowest BCUT2D eigenvalue weighted by molar-refractivity contribution is -0.160. The first-order valence-electron chi connectivity index (χ1n) is 36.4. The van der Waals surface area contributed by atoms with Gasteiger partial charge in [-0.15, -0.1) is 0 Å². The highest BCUT2D eigenvalue weighted by Crippen LogP contribution is 2.61. The molecule has 4 atom stereocenters. The summed E-state index contributed by atoms with van der Waals surface area (Å²) < 4.78 is 79.7. The lowest BCUT2D eigenvalue weighted by Crippen LogP contribution is -2.35. The molecule has 17 nitrogen and oxygen atoms in total. The van der Waals surface area contributed by atoms with Crippen LogP contribution in [-0.4, -0.2) is 104 Å². The molecule has 17 heteroatoms. The Morgan fingerprint density at radius 1 is 0.383 bits per heavy atom. The van der Waals surface area contributed by atoms with Crippen molar-refractivity contribution in [1.82, 2.24) is 0 Å². The van der Waals surface area contributed by atoms with Crippen molar-refractivity contribution in [3.8, 4) is 56.8 Å². The minimum Gasteiger partial charge on any atom is -0.497 e. The highest BCUT2D eigenvalue weighted by molar-refractivity contribution is 6.10. The van der Waals surface area contributed by atoms with Crippen molar-refractivity contribution in [3.63, 3.8) is 0 Å². The molecule has 4 unspecified atom stereocenters. The first-order valence-corrected chi connectivity index (χ1v) is 36.4. The molecule has 2 aliphatic heterocycles. The third kappa shape index (κ3) is 13.8. The number of fused-ring (bicyclic) bond motifs is 16. The molecule has 0 saturated heterocycles. The van der Waals surface area contributed by atoms with Crippen molar-refractivity contribution >= 4 is 57.6 Å². The third-order valence-corrected chi connectivity index (χ3v) is 21.0. The van der Waals surface area contributed by atoms with E-state index in [1.807, 2.05) is 173 Å². The minimum atomic E-state index is -1.04. The molecule has 107 heavy (non-hydrogen) atoms. The van der Waals surface area contributed by atoms with E-state index in [1.54, 1.807) is 28.4 Å². The standard InChI is InChI=1S/C90H86O17/c1-9-61(104-79(93)45-43-77(91)100-51-53-102-87(3)75-25-17-15-23-71(75)81-67-19-11-13-21-69(67)85-73(83(81)87)47-49-89(106-85,57-27-35-63(95-5)36-28-57)58-29-37-64(96-6)38-30-58)55-99-56-62(10-2)105-80(94)46-44-78(92)101-52-54-103-88(4)76-26-18-16-24-72(76)82-68-20-12-14-22-70(68)86-74(84(82)88)48-50-90(107-86,59-31-39-65(97-7)40-32-59)60-33-41-66(98-8)42-34-60/h11-42,47-50,61-62H,9-10,43-46,51-56H2,1-8H3. The summed E-state index contributed by atoms with van der Waals surface area (Å²) in [4.78, 5) is 52.9. The molecule has 0 radical (unpaired) electrons. The predicted octanol–water partition coefficient (Wildman–Crippen LogP) is 17.3. The zero-order valence-corrected chi connectivity index (χ0v) is 61.4. The molecular weight excluding hydrogens is 1350 g/mol. The minimum absolute atomic E-state index is 0.0280. The lowest BCUT2D eigenvalue weighted by Gasteiger charge is -2.39. The average Bonchev–Trinajstić information content (AvgIpc) is 1.55. The number of benzene rings is 10. The van der Waals surface area contributed by atoms with Gasteiger partial charge in [0.15, 0.2) is 11.2 Å². The SMILES string of the molecule is CCC(COCC(CC)OC(=O)CCC(=O)OCCOC1(C)c2ccccc2-c2c1c1c(c3ccccc23)OC(c2ccc(OC)cc2)(c2ccc(OC)cc2)C=C1)OC(=O)CCC(=O)OCCOC1(C)c2ccccc2-c2c1c1c(c3ccccc23)OC(c2ccc(OC)cc2)(c2ccc(OC)cc2)C=C1. The van der Waals surface area contributed by atoms with E-state index >= 15 is 0 Å². The summed E-state index contributed by atoms with van der Waals surface area (Å²) in [6.45, 7) is 7.81. The van der Waals surface area contributed by atoms with Gasteiger partial charge in [0.2, 0.25) is 0 Å². The highest BCUT2D eigenvalue weighted by Gasteiger charge is 2.49. The van der Waals surface area contributed by atoms with Crippen LogP contribution in [0.3, 0.4) is 0 Å². The maximum atomic E-state index is 13.2. The van der Waals surface area contributed by atoms with E-state index in [4.69, 9.17) is 61.6 Å². The van der Waals surface area contributed by atoms with Gasteiger partial charge in [0, 0.05) is 55.3 Å². The number of carbonyl (C=O) groups is 4. The van der Waals surface area contributed by atoms with Gasteiger partial charge in [-0.25, -0.2) is 0 Å². The van der Waals surface area contributed by atoms with E-state index in [2.05, 4.69) is 72.8 Å². The van der Waals surface area contributed by atoms with Crippen LogP contribution in [0.4, 0.5) is 0 Å². The monoisotopic (exact) mass is 1440 g/mol. The molecule has 0 saturated carbocycles. The van der Waals surface area contributed by atoms with Crippen LogP contribution < -0.4 is 28.4 Å². The average molecular weight is 1440 g/mol. The molecule has 548 valence electrons. The largest absolute Gasteiger partial charge is 0.497 e. The van der Waals surface area contributed by atoms with Crippen molar-refractivity contribution in [2.75, 3.05) is 68.1 Å². The van der Waals surface area contributed by atoms with Crippen molar-refractivity contribution in [2.45, 2.75) is 101 Å². The molecular formula is C90H86O17. The van der Waals surface area contributed by atoms with Crippen LogP contribution in [0, 0.1) is 0 Å². The lowest BCUT2D eigenvalue weighted by atomic mass is 9.80. The van der Waals surface area contributed by atoms with E-state index in [0.717, 1.165) is 122 Å². The second-order valence-corrected chi connectivity index (χ2v) is 27.2. The van der Waals surface area contributed by atoms with Crippen LogP contribution in [-0.2, 0) is 74.7 Å². The fourth-order valence-electron chi connectivity index (χ4n) is 15.5. The van der Waals surface area contributed by atoms with Crippen molar-refractivity contribution < 1.29 is 80.8 Å². The maximum absolute atomic E-state index is 13.2. The van der Waals surface area contributed by atoms with E-state index < -0.39 is 58.5 Å². The number of rotatable bonds is 30. The molecule has 0 N–H and O–H groups in total. The predicted molar refractivity (Wildman–Crippen MR) is 408 cm³/mol. The molecule has 2 aliphatic carbocycles. The van der Waals surface area contributed by atoms with E-state index in [0.29, 0.717) is 24.3 Å². The summed E-state index contributed by atoms with van der Waals surface area (Å²) in [5, 5.41) is 3.89. The summed E-state index contributed by atoms with van der Waals surface area (Å²) in [6.07, 6.45) is 7.23. The number of methoxy groups -OCH3 is 4. The smallest absolute Gasteiger partial charge is 0.306 e. The zero-order valence-electron chi connectivity index (χ0n) is 61.4. The molecule has 10 aromatic carbocycles. The number of carbonyl (C=O) groups excluding carboxylic acids is 4. The summed E-state index contributed by atoms with van der Waals surface area (Å²) in [5.41, 5.74) is 9.22. The van der Waals surface area contributed by atoms with Crippen molar-refractivity contribution in [2.24, 2.45) is 0 Å². The fourth-order valence-corrected chi connectivity index (χ4v) is 15.5. The Morgan fingerprint density at radius 3 is 1.04 bits per heavy atom. The summed E-state index contributed by atoms with van der Waals surface area (Å²) in [6, 6.07) is 64.6. The fraction of sp³-hybridized carbons (Fsp3) is 0.289. The van der Waals surface area contributed by atoms with Gasteiger partial charge in [0.1, 0.15) is 71.1 Å². The second kappa shape index (κ2) is 31.1. The number of esters is 4. The quantitative estimate of drug-likeness (QED) is 0.0235. The zero-order chi connectivity index (χ0) is 74.5. The molecule has 0 bridgehead atoms. The Hall–Kier alpha value is -11.2. The molecule has 10 aromatic rings. The molecule has 2 heterocycles. The van der Waals surface area contributed by atoms with Crippen LogP contribution in [0.2, 0.25) is 0 Å². The molecule has 0 fully saturated rings. The Kier molecular flexibility index (Phi) is 21.1. The van der Waals surface area contributed by atoms with Crippen molar-refractivity contribution in [3.05, 3.63) is 262 Å². The summed E-state index contributed by atoms with van der Waals surface area (Å²) in [7, 11) is 6.58. The highest BCUT2D eigenvalue weighted by atomic mass is 16.6. The molecule has 14 rings (SSSR count). The van der Waals surface area contributed by atoms with Gasteiger partial charge in [-0.2, -0.15) is 0 Å². The summed E-state index contributed by atoms with van der Waals surface area (Å²) >= 11 is 0. The van der Waals surface area contributed by atoms with E-state index in [9.17, 15) is 19.2 Å². The van der Waals surface area contributed by atoms with Crippen LogP contribution in [0.15, 0.2) is 206 Å². The Bertz CT molecular complexity index is 4610. The Balaban J connectivity index is 0.547. The van der Waals surface area contributed by atoms with Crippen molar-refractivity contribution in [1.29, 1.82) is 0 Å². The van der Waals surface area contributed by atoms with Gasteiger partial charge in [-0.1, -0.05) is 172 Å². The first kappa shape index (κ1) is 72.7. The van der Waals surface area contributed by atoms with E-state index in [-0.39, 0.29) is 65.3 Å². The van der Waals surface area contributed by atoms with Gasteiger partial charge >= 0.3 is 23.9 Å². The molecule has 0 aromatic heterocycles. The second-order valence-electron chi connectivity index (χ2n) is 27.2. The van der Waals surface area contributed by atoms with Gasteiger partial charge in [-0.05, 0) is 132 Å². The maximum Gasteiger partial charge on any atom is 0.306 e. The summed E-state index contributed by atoms with van der Waals surface area (Å²) in [5.74, 6) is 1.96. The van der Waals surface area contributed by atoms with Crippen LogP contribution in [0.25, 0.3) is 56.0 Å². The molecule has 0 spiro atoms. The number of hydrogen-bond donors (Lipinski definition) is 0. The number of ether oxygens (including phenoxy) is 13. The van der Waals surface area contributed by atoms with Gasteiger partial charge in [-0.3, -0.25) is 19.2 Å². The molecule has 4 aliphatic rings. The Labute approximate surface area is 622 Å². The normalized spacial score (nSPS) is 17.0. The van der Waals surface area contributed by atoms with Gasteiger partial charge < -0.3 is 61.6 Å². The van der Waals surface area contributed by atoms with Crippen LogP contribution in [0.5, 0.6) is 34.5 Å². The van der Waals surface area contributed by atoms with Gasteiger partial charge in [0.05, 0.1) is 80.6 Å². The third-order valence-electron chi connectivity index (χ3n) is 21.0. The molecule has 0 amide bonds. The first-order chi connectivity index (χ1) is 52.1. The van der Waals surface area contributed by atoms with Gasteiger partial charge in [0.25, 0.3) is 0 Å².